The zero-order chi connectivity index (χ0) is 22.4. The molecule has 31 heavy (non-hydrogen) atoms. The Morgan fingerprint density at radius 3 is 2.58 bits per heavy atom. The quantitative estimate of drug-likeness (QED) is 0.554. The van der Waals surface area contributed by atoms with Crippen LogP contribution >= 0.6 is 0 Å². The van der Waals surface area contributed by atoms with Gasteiger partial charge in [0.05, 0.1) is 31.8 Å². The van der Waals surface area contributed by atoms with Crippen LogP contribution in [0.1, 0.15) is 35.8 Å². The van der Waals surface area contributed by atoms with Gasteiger partial charge in [0.25, 0.3) is 5.91 Å². The molecule has 0 unspecified atom stereocenters. The van der Waals surface area contributed by atoms with E-state index in [1.165, 1.54) is 20.4 Å². The highest BCUT2D eigenvalue weighted by Crippen LogP contribution is 2.29. The van der Waals surface area contributed by atoms with E-state index in [9.17, 15) is 9.59 Å². The average molecular weight is 424 g/mol. The molecule has 0 atom stereocenters. The first-order chi connectivity index (χ1) is 14.9. The summed E-state index contributed by atoms with van der Waals surface area (Å²) in [5.74, 6) is 0.451. The summed E-state index contributed by atoms with van der Waals surface area (Å²) in [6.07, 6.45) is 3.08. The van der Waals surface area contributed by atoms with Crippen LogP contribution in [-0.2, 0) is 9.53 Å². The lowest BCUT2D eigenvalue weighted by atomic mass is 10.1. The van der Waals surface area contributed by atoms with Gasteiger partial charge >= 0.3 is 5.97 Å². The zero-order valence-electron chi connectivity index (χ0n) is 17.8. The second-order valence-corrected chi connectivity index (χ2v) is 6.89. The van der Waals surface area contributed by atoms with Crippen LogP contribution in [0, 0.1) is 0 Å². The molecule has 0 aliphatic heterocycles. The Labute approximate surface area is 180 Å². The third-order valence-corrected chi connectivity index (χ3v) is 4.46. The van der Waals surface area contributed by atoms with Gasteiger partial charge in [-0.25, -0.2) is 14.5 Å². The average Bonchev–Trinajstić information content (AvgIpc) is 3.24. The molecule has 0 radical (unpaired) electrons. The van der Waals surface area contributed by atoms with Gasteiger partial charge in [-0.15, -0.1) is 0 Å². The molecule has 2 aromatic heterocycles. The summed E-state index contributed by atoms with van der Waals surface area (Å²) in [6, 6.07) is 10.4. The summed E-state index contributed by atoms with van der Waals surface area (Å²) in [7, 11) is 3.02. The van der Waals surface area contributed by atoms with E-state index < -0.39 is 18.5 Å². The van der Waals surface area contributed by atoms with Gasteiger partial charge in [-0.1, -0.05) is 19.9 Å². The summed E-state index contributed by atoms with van der Waals surface area (Å²) in [5, 5.41) is 6.95. The van der Waals surface area contributed by atoms with Crippen molar-refractivity contribution in [2.24, 2.45) is 0 Å². The largest absolute Gasteiger partial charge is 0.497 e. The molecule has 9 heteroatoms. The Balaban J connectivity index is 1.70. The van der Waals surface area contributed by atoms with E-state index in [1.54, 1.807) is 41.2 Å². The lowest BCUT2D eigenvalue weighted by Gasteiger charge is -2.13. The summed E-state index contributed by atoms with van der Waals surface area (Å²) < 4.78 is 17.2. The number of carbonyl (C=O) groups is 2. The number of anilines is 1. The molecular formula is C22H24N4O5. The van der Waals surface area contributed by atoms with Crippen LogP contribution in [0.5, 0.6) is 11.5 Å². The van der Waals surface area contributed by atoms with E-state index in [-0.39, 0.29) is 11.5 Å². The van der Waals surface area contributed by atoms with Crippen molar-refractivity contribution in [3.63, 3.8) is 0 Å². The number of rotatable bonds is 8. The minimum absolute atomic E-state index is 0.0237. The molecule has 0 saturated carbocycles. The molecule has 3 rings (SSSR count). The fourth-order valence-corrected chi connectivity index (χ4v) is 3.03. The van der Waals surface area contributed by atoms with Gasteiger partial charge in [-0.2, -0.15) is 5.10 Å². The van der Waals surface area contributed by atoms with Gasteiger partial charge in [0.15, 0.2) is 12.4 Å². The maximum atomic E-state index is 12.7. The number of carbonyl (C=O) groups excluding carboxylic acids is 2. The lowest BCUT2D eigenvalue weighted by Crippen LogP contribution is -2.22. The molecule has 162 valence electrons. The lowest BCUT2D eigenvalue weighted by molar-refractivity contribution is -0.119. The molecule has 0 spiro atoms. The molecule has 3 aromatic rings. The van der Waals surface area contributed by atoms with E-state index in [2.05, 4.69) is 15.4 Å². The predicted molar refractivity (Wildman–Crippen MR) is 114 cm³/mol. The molecule has 0 fully saturated rings. The number of nitrogens with zero attached hydrogens (tertiary/aromatic N) is 3. The fraction of sp³-hybridized carbons (Fsp3) is 0.273. The topological polar surface area (TPSA) is 105 Å². The second-order valence-electron chi connectivity index (χ2n) is 6.89. The number of esters is 1. The smallest absolute Gasteiger partial charge is 0.342 e. The Morgan fingerprint density at radius 2 is 1.94 bits per heavy atom. The standard InChI is InChI=1S/C22H24N4O5/c1-14(2)21-16(12-24-26(21)19-7-5-6-10-23-19)22(28)31-13-20(27)25-17-9-8-15(29-3)11-18(17)30-4/h5-12,14H,13H2,1-4H3,(H,25,27). The summed E-state index contributed by atoms with van der Waals surface area (Å²) in [6.45, 7) is 3.42. The molecule has 0 bridgehead atoms. The minimum atomic E-state index is -0.636. The van der Waals surface area contributed by atoms with Crippen LogP contribution in [0.2, 0.25) is 0 Å². The third kappa shape index (κ3) is 5.00. The van der Waals surface area contributed by atoms with Gasteiger partial charge < -0.3 is 19.5 Å². The first-order valence-corrected chi connectivity index (χ1v) is 9.63. The second kappa shape index (κ2) is 9.75. The molecule has 0 saturated heterocycles. The number of amides is 1. The van der Waals surface area contributed by atoms with Gasteiger partial charge in [0.2, 0.25) is 0 Å². The van der Waals surface area contributed by atoms with E-state index in [1.807, 2.05) is 19.9 Å². The Morgan fingerprint density at radius 1 is 1.13 bits per heavy atom. The van der Waals surface area contributed by atoms with Crippen molar-refractivity contribution in [1.82, 2.24) is 14.8 Å². The molecule has 9 nitrogen and oxygen atoms in total. The van der Waals surface area contributed by atoms with Crippen LogP contribution in [-0.4, -0.2) is 47.5 Å². The number of benzene rings is 1. The number of hydrogen-bond acceptors (Lipinski definition) is 7. The monoisotopic (exact) mass is 424 g/mol. The Hall–Kier alpha value is -3.88. The number of methoxy groups -OCH3 is 2. The number of hydrogen-bond donors (Lipinski definition) is 1. The van der Waals surface area contributed by atoms with E-state index in [0.717, 1.165) is 0 Å². The van der Waals surface area contributed by atoms with Gasteiger partial charge in [0.1, 0.15) is 17.1 Å². The Bertz CT molecular complexity index is 1060. The summed E-state index contributed by atoms with van der Waals surface area (Å²) >= 11 is 0. The van der Waals surface area contributed by atoms with Crippen molar-refractivity contribution in [3.8, 4) is 17.3 Å². The highest BCUT2D eigenvalue weighted by Gasteiger charge is 2.23. The molecular weight excluding hydrogens is 400 g/mol. The molecule has 2 heterocycles. The van der Waals surface area contributed by atoms with E-state index in [0.29, 0.717) is 28.7 Å². The van der Waals surface area contributed by atoms with Gasteiger partial charge in [0, 0.05) is 12.3 Å². The maximum absolute atomic E-state index is 12.7. The van der Waals surface area contributed by atoms with Gasteiger partial charge in [-0.3, -0.25) is 4.79 Å². The van der Waals surface area contributed by atoms with E-state index >= 15 is 0 Å². The van der Waals surface area contributed by atoms with Crippen LogP contribution in [0.4, 0.5) is 5.69 Å². The van der Waals surface area contributed by atoms with Crippen molar-refractivity contribution in [2.45, 2.75) is 19.8 Å². The minimum Gasteiger partial charge on any atom is -0.497 e. The number of aromatic nitrogens is 3. The SMILES string of the molecule is COc1ccc(NC(=O)COC(=O)c2cnn(-c3ccccn3)c2C(C)C)c(OC)c1. The molecule has 1 N–H and O–H groups in total. The first-order valence-electron chi connectivity index (χ1n) is 9.63. The number of ether oxygens (including phenoxy) is 3. The highest BCUT2D eigenvalue weighted by atomic mass is 16.5. The molecule has 1 amide bonds. The first kappa shape index (κ1) is 21.8. The van der Waals surface area contributed by atoms with Crippen molar-refractivity contribution >= 4 is 17.6 Å². The third-order valence-electron chi connectivity index (χ3n) is 4.46. The van der Waals surface area contributed by atoms with Crippen molar-refractivity contribution in [2.75, 3.05) is 26.1 Å². The number of nitrogens with one attached hydrogen (secondary N) is 1. The molecule has 0 aliphatic carbocycles. The summed E-state index contributed by atoms with van der Waals surface area (Å²) in [5.41, 5.74) is 1.38. The zero-order valence-corrected chi connectivity index (χ0v) is 17.8. The predicted octanol–water partition coefficient (Wildman–Crippen LogP) is 3.20. The molecule has 0 aliphatic rings. The fourth-order valence-electron chi connectivity index (χ4n) is 3.03. The van der Waals surface area contributed by atoms with Crippen molar-refractivity contribution in [1.29, 1.82) is 0 Å². The van der Waals surface area contributed by atoms with Crippen LogP contribution in [0.25, 0.3) is 5.82 Å². The molecule has 1 aromatic carbocycles. The van der Waals surface area contributed by atoms with Crippen molar-refractivity contribution < 1.29 is 23.8 Å². The normalized spacial score (nSPS) is 10.6. The van der Waals surface area contributed by atoms with E-state index in [4.69, 9.17) is 14.2 Å². The van der Waals surface area contributed by atoms with Crippen LogP contribution in [0.3, 0.4) is 0 Å². The summed E-state index contributed by atoms with van der Waals surface area (Å²) in [4.78, 5) is 29.2. The number of pyridine rings is 1. The van der Waals surface area contributed by atoms with Crippen LogP contribution < -0.4 is 14.8 Å². The maximum Gasteiger partial charge on any atom is 0.342 e. The van der Waals surface area contributed by atoms with Crippen LogP contribution in [0.15, 0.2) is 48.8 Å². The Kier molecular flexibility index (Phi) is 6.86. The highest BCUT2D eigenvalue weighted by molar-refractivity contribution is 5.96. The van der Waals surface area contributed by atoms with Gasteiger partial charge in [-0.05, 0) is 30.2 Å². The van der Waals surface area contributed by atoms with Crippen molar-refractivity contribution in [3.05, 3.63) is 60.0 Å².